The van der Waals surface area contributed by atoms with Gasteiger partial charge >= 0.3 is 0 Å². The summed E-state index contributed by atoms with van der Waals surface area (Å²) in [6, 6.07) is 0.478. The van der Waals surface area contributed by atoms with Gasteiger partial charge in [-0.1, -0.05) is 19.8 Å². The van der Waals surface area contributed by atoms with Crippen molar-refractivity contribution in [3.8, 4) is 0 Å². The van der Waals surface area contributed by atoms with Crippen LogP contribution < -0.4 is 0 Å². The zero-order valence-corrected chi connectivity index (χ0v) is 8.52. The first-order chi connectivity index (χ1) is 6.83. The molecule has 0 aliphatic heterocycles. The highest BCUT2D eigenvalue weighted by Crippen LogP contribution is 2.33. The predicted octanol–water partition coefficient (Wildman–Crippen LogP) is 2.45. The molecule has 2 unspecified atom stereocenters. The van der Waals surface area contributed by atoms with Crippen molar-refractivity contribution in [1.82, 2.24) is 9.55 Å². The summed E-state index contributed by atoms with van der Waals surface area (Å²) in [7, 11) is 0. The summed E-state index contributed by atoms with van der Waals surface area (Å²) in [5.74, 6) is 1.24. The molecular weight excluding hydrogens is 176 g/mol. The van der Waals surface area contributed by atoms with Crippen LogP contribution in [0.25, 0.3) is 0 Å². The third kappa shape index (κ3) is 1.59. The number of nitrogens with zero attached hydrogens (tertiary/aromatic N) is 2. The molecule has 0 N–H and O–H groups in total. The van der Waals surface area contributed by atoms with E-state index >= 15 is 0 Å². The molecule has 1 aliphatic rings. The highest BCUT2D eigenvalue weighted by atomic mass is 16.1. The van der Waals surface area contributed by atoms with E-state index in [9.17, 15) is 4.79 Å². The van der Waals surface area contributed by atoms with E-state index in [1.807, 2.05) is 10.8 Å². The first-order valence-corrected chi connectivity index (χ1v) is 5.31. The van der Waals surface area contributed by atoms with Gasteiger partial charge in [-0.3, -0.25) is 4.79 Å². The number of hydrogen-bond donors (Lipinski definition) is 0. The van der Waals surface area contributed by atoms with Crippen LogP contribution in [0.3, 0.4) is 0 Å². The number of rotatable bonds is 2. The number of carbonyl (C=O) groups excluding carboxylic acids is 1. The van der Waals surface area contributed by atoms with Crippen LogP contribution in [-0.2, 0) is 0 Å². The Bertz CT molecular complexity index is 319. The van der Waals surface area contributed by atoms with E-state index in [1.54, 1.807) is 6.20 Å². The fraction of sp³-hybridized carbons (Fsp3) is 0.636. The molecule has 0 aromatic carbocycles. The molecule has 1 aromatic rings. The Morgan fingerprint density at radius 3 is 3.00 bits per heavy atom. The summed E-state index contributed by atoms with van der Waals surface area (Å²) in [5.41, 5.74) is 0. The SMILES string of the molecule is CC1CCCCC1n1ccnc1C=O. The molecule has 0 radical (unpaired) electrons. The van der Waals surface area contributed by atoms with Gasteiger partial charge in [0.05, 0.1) is 0 Å². The minimum Gasteiger partial charge on any atom is -0.325 e. The number of hydrogen-bond acceptors (Lipinski definition) is 2. The van der Waals surface area contributed by atoms with Crippen LogP contribution in [0.2, 0.25) is 0 Å². The van der Waals surface area contributed by atoms with Crippen molar-refractivity contribution in [2.24, 2.45) is 5.92 Å². The predicted molar refractivity (Wildman–Crippen MR) is 54.3 cm³/mol. The van der Waals surface area contributed by atoms with Crippen molar-refractivity contribution >= 4 is 6.29 Å². The van der Waals surface area contributed by atoms with E-state index in [4.69, 9.17) is 0 Å². The zero-order valence-electron chi connectivity index (χ0n) is 8.52. The summed E-state index contributed by atoms with van der Waals surface area (Å²) >= 11 is 0. The average molecular weight is 192 g/mol. The Morgan fingerprint density at radius 2 is 2.29 bits per heavy atom. The van der Waals surface area contributed by atoms with Gasteiger partial charge in [-0.05, 0) is 18.8 Å². The highest BCUT2D eigenvalue weighted by Gasteiger charge is 2.23. The molecule has 1 aliphatic carbocycles. The molecular formula is C11H16N2O. The number of aldehydes is 1. The zero-order chi connectivity index (χ0) is 9.97. The van der Waals surface area contributed by atoms with Crippen LogP contribution in [0.4, 0.5) is 0 Å². The second-order valence-corrected chi connectivity index (χ2v) is 4.14. The second-order valence-electron chi connectivity index (χ2n) is 4.14. The normalized spacial score (nSPS) is 27.5. The molecule has 2 atom stereocenters. The van der Waals surface area contributed by atoms with Crippen LogP contribution >= 0.6 is 0 Å². The first kappa shape index (κ1) is 9.44. The largest absolute Gasteiger partial charge is 0.325 e. The fourth-order valence-electron chi connectivity index (χ4n) is 2.41. The maximum absolute atomic E-state index is 10.8. The molecule has 1 heterocycles. The Labute approximate surface area is 84.1 Å². The fourth-order valence-corrected chi connectivity index (χ4v) is 2.41. The summed E-state index contributed by atoms with van der Waals surface area (Å²) in [4.78, 5) is 14.8. The average Bonchev–Trinajstić information content (AvgIpc) is 2.66. The van der Waals surface area contributed by atoms with E-state index in [-0.39, 0.29) is 0 Å². The van der Waals surface area contributed by atoms with Crippen LogP contribution in [0, 0.1) is 5.92 Å². The van der Waals surface area contributed by atoms with Crippen molar-refractivity contribution in [3.63, 3.8) is 0 Å². The number of imidazole rings is 1. The minimum absolute atomic E-state index is 0.478. The van der Waals surface area contributed by atoms with Crippen LogP contribution in [-0.4, -0.2) is 15.8 Å². The molecule has 2 rings (SSSR count). The molecule has 1 saturated carbocycles. The lowest BCUT2D eigenvalue weighted by Crippen LogP contribution is -2.22. The molecule has 14 heavy (non-hydrogen) atoms. The van der Waals surface area contributed by atoms with Gasteiger partial charge in [0, 0.05) is 18.4 Å². The monoisotopic (exact) mass is 192 g/mol. The molecule has 0 amide bonds. The molecule has 1 aromatic heterocycles. The lowest BCUT2D eigenvalue weighted by molar-refractivity contribution is 0.110. The lowest BCUT2D eigenvalue weighted by Gasteiger charge is -2.30. The summed E-state index contributed by atoms with van der Waals surface area (Å²) in [6.45, 7) is 2.26. The second kappa shape index (κ2) is 3.95. The molecule has 0 bridgehead atoms. The van der Waals surface area contributed by atoms with Crippen LogP contribution in [0.5, 0.6) is 0 Å². The number of carbonyl (C=O) groups is 1. The Morgan fingerprint density at radius 1 is 1.50 bits per heavy atom. The Hall–Kier alpha value is -1.12. The Kier molecular flexibility index (Phi) is 2.66. The quantitative estimate of drug-likeness (QED) is 0.674. The van der Waals surface area contributed by atoms with E-state index in [0.717, 1.165) is 6.29 Å². The van der Waals surface area contributed by atoms with Crippen molar-refractivity contribution < 1.29 is 4.79 Å². The van der Waals surface area contributed by atoms with E-state index < -0.39 is 0 Å². The standard InChI is InChI=1S/C11H16N2O/c1-9-4-2-3-5-10(9)13-7-6-12-11(13)8-14/h6-10H,2-5H2,1H3. The van der Waals surface area contributed by atoms with E-state index in [1.165, 1.54) is 25.7 Å². The summed E-state index contributed by atoms with van der Waals surface area (Å²) in [5, 5.41) is 0. The van der Waals surface area contributed by atoms with Gasteiger partial charge in [0.15, 0.2) is 12.1 Å². The van der Waals surface area contributed by atoms with E-state index in [0.29, 0.717) is 17.8 Å². The summed E-state index contributed by atoms with van der Waals surface area (Å²) < 4.78 is 2.04. The van der Waals surface area contributed by atoms with Crippen LogP contribution in [0.15, 0.2) is 12.4 Å². The minimum atomic E-state index is 0.478. The van der Waals surface area contributed by atoms with Crippen LogP contribution in [0.1, 0.15) is 49.3 Å². The van der Waals surface area contributed by atoms with Gasteiger partial charge in [-0.2, -0.15) is 0 Å². The highest BCUT2D eigenvalue weighted by molar-refractivity contribution is 5.69. The maximum Gasteiger partial charge on any atom is 0.185 e. The molecule has 3 nitrogen and oxygen atoms in total. The van der Waals surface area contributed by atoms with Gasteiger partial charge in [0.1, 0.15) is 0 Å². The molecule has 3 heteroatoms. The van der Waals surface area contributed by atoms with Crippen molar-refractivity contribution in [3.05, 3.63) is 18.2 Å². The maximum atomic E-state index is 10.8. The lowest BCUT2D eigenvalue weighted by atomic mass is 9.86. The van der Waals surface area contributed by atoms with Gasteiger partial charge in [-0.15, -0.1) is 0 Å². The van der Waals surface area contributed by atoms with Gasteiger partial charge in [0.2, 0.25) is 0 Å². The summed E-state index contributed by atoms with van der Waals surface area (Å²) in [6.07, 6.45) is 9.52. The van der Waals surface area contributed by atoms with Gasteiger partial charge in [-0.25, -0.2) is 4.98 Å². The molecule has 76 valence electrons. The van der Waals surface area contributed by atoms with E-state index in [2.05, 4.69) is 11.9 Å². The molecule has 0 spiro atoms. The third-order valence-electron chi connectivity index (χ3n) is 3.23. The van der Waals surface area contributed by atoms with Gasteiger partial charge < -0.3 is 4.57 Å². The van der Waals surface area contributed by atoms with Crippen molar-refractivity contribution in [2.75, 3.05) is 0 Å². The first-order valence-electron chi connectivity index (χ1n) is 5.31. The van der Waals surface area contributed by atoms with Gasteiger partial charge in [0.25, 0.3) is 0 Å². The van der Waals surface area contributed by atoms with Crippen molar-refractivity contribution in [1.29, 1.82) is 0 Å². The molecule has 0 saturated heterocycles. The van der Waals surface area contributed by atoms with Crippen molar-refractivity contribution in [2.45, 2.75) is 38.6 Å². The number of aromatic nitrogens is 2. The Balaban J connectivity index is 2.24. The third-order valence-corrected chi connectivity index (χ3v) is 3.23. The topological polar surface area (TPSA) is 34.9 Å². The molecule has 1 fully saturated rings. The smallest absolute Gasteiger partial charge is 0.185 e.